The van der Waals surface area contributed by atoms with Crippen LogP contribution in [0, 0.1) is 17.8 Å². The van der Waals surface area contributed by atoms with Gasteiger partial charge in [0.25, 0.3) is 0 Å². The summed E-state index contributed by atoms with van der Waals surface area (Å²) in [7, 11) is 1.52. The quantitative estimate of drug-likeness (QED) is 0.456. The molecule has 0 N–H and O–H groups in total. The average molecular weight is 344 g/mol. The summed E-state index contributed by atoms with van der Waals surface area (Å²) in [5, 5.41) is 0.397. The molecule has 0 unspecified atom stereocenters. The molecule has 0 spiro atoms. The van der Waals surface area contributed by atoms with E-state index >= 15 is 0 Å². The Hall–Kier alpha value is -2.78. The van der Waals surface area contributed by atoms with Gasteiger partial charge in [-0.25, -0.2) is 0 Å². The SMILES string of the molecule is COCOc1ccc2c(=O)c(C#CCOC(=O)CC(C)C)coc2c1. The summed E-state index contributed by atoms with van der Waals surface area (Å²) < 4.78 is 20.6. The maximum atomic E-state index is 12.4. The third-order valence-electron chi connectivity index (χ3n) is 3.19. The summed E-state index contributed by atoms with van der Waals surface area (Å²) in [6.07, 6.45) is 1.63. The van der Waals surface area contributed by atoms with Crippen LogP contribution in [0.15, 0.2) is 33.7 Å². The number of hydrogen-bond acceptors (Lipinski definition) is 6. The van der Waals surface area contributed by atoms with E-state index in [0.29, 0.717) is 23.1 Å². The largest absolute Gasteiger partial charge is 0.467 e. The lowest BCUT2D eigenvalue weighted by molar-refractivity contribution is -0.143. The minimum absolute atomic E-state index is 0.0627. The number of ether oxygens (including phenoxy) is 3. The molecule has 0 fully saturated rings. The van der Waals surface area contributed by atoms with Crippen molar-refractivity contribution in [1.29, 1.82) is 0 Å². The topological polar surface area (TPSA) is 75.0 Å². The monoisotopic (exact) mass is 344 g/mol. The van der Waals surface area contributed by atoms with Gasteiger partial charge in [-0.3, -0.25) is 9.59 Å². The number of benzene rings is 1. The fourth-order valence-corrected chi connectivity index (χ4v) is 2.05. The molecule has 0 saturated heterocycles. The standard InChI is InChI=1S/C19H20O6/c1-13(2)9-18(20)23-8-4-5-14-11-24-17-10-15(25-12-22-3)6-7-16(17)19(14)21/h6-7,10-11,13H,8-9,12H2,1-3H3. The highest BCUT2D eigenvalue weighted by Gasteiger charge is 2.07. The average Bonchev–Trinajstić information content (AvgIpc) is 2.58. The number of esters is 1. The molecule has 0 bridgehead atoms. The molecule has 132 valence electrons. The third-order valence-corrected chi connectivity index (χ3v) is 3.19. The predicted octanol–water partition coefficient (Wildman–Crippen LogP) is 2.72. The van der Waals surface area contributed by atoms with E-state index in [4.69, 9.17) is 18.6 Å². The second kappa shape index (κ2) is 8.90. The number of carbonyl (C=O) groups excluding carboxylic acids is 1. The van der Waals surface area contributed by atoms with Gasteiger partial charge in [0, 0.05) is 19.6 Å². The summed E-state index contributed by atoms with van der Waals surface area (Å²) in [4.78, 5) is 23.8. The molecule has 6 heteroatoms. The second-order valence-corrected chi connectivity index (χ2v) is 5.75. The molecule has 2 aromatic rings. The molecular weight excluding hydrogens is 324 g/mol. The zero-order chi connectivity index (χ0) is 18.2. The molecule has 6 nitrogen and oxygen atoms in total. The van der Waals surface area contributed by atoms with E-state index in [1.165, 1.54) is 13.4 Å². The van der Waals surface area contributed by atoms with Crippen LogP contribution in [0.4, 0.5) is 0 Å². The summed E-state index contributed by atoms with van der Waals surface area (Å²) in [5.74, 6) is 5.79. The molecule has 0 atom stereocenters. The lowest BCUT2D eigenvalue weighted by atomic mass is 10.1. The van der Waals surface area contributed by atoms with Gasteiger partial charge >= 0.3 is 5.97 Å². The van der Waals surface area contributed by atoms with Crippen molar-refractivity contribution in [2.45, 2.75) is 20.3 Å². The highest BCUT2D eigenvalue weighted by atomic mass is 16.7. The van der Waals surface area contributed by atoms with Crippen LogP contribution in [0.5, 0.6) is 5.75 Å². The fraction of sp³-hybridized carbons (Fsp3) is 0.368. The van der Waals surface area contributed by atoms with Crippen LogP contribution in [0.25, 0.3) is 11.0 Å². The number of methoxy groups -OCH3 is 1. The molecular formula is C19H20O6. The Morgan fingerprint density at radius 1 is 1.32 bits per heavy atom. The zero-order valence-electron chi connectivity index (χ0n) is 14.5. The third kappa shape index (κ3) is 5.37. The van der Waals surface area contributed by atoms with Gasteiger partial charge in [0.1, 0.15) is 23.2 Å². The first-order valence-electron chi connectivity index (χ1n) is 7.83. The molecule has 0 amide bonds. The summed E-state index contributed by atoms with van der Waals surface area (Å²) in [6, 6.07) is 4.88. The van der Waals surface area contributed by atoms with E-state index in [9.17, 15) is 9.59 Å². The smallest absolute Gasteiger partial charge is 0.307 e. The molecule has 2 rings (SSSR count). The van der Waals surface area contributed by atoms with Crippen molar-refractivity contribution in [1.82, 2.24) is 0 Å². The highest BCUT2D eigenvalue weighted by molar-refractivity contribution is 5.79. The number of carbonyl (C=O) groups is 1. The lowest BCUT2D eigenvalue weighted by Crippen LogP contribution is -2.08. The molecule has 0 aliphatic carbocycles. The Kier molecular flexibility index (Phi) is 6.61. The lowest BCUT2D eigenvalue weighted by Gasteiger charge is -2.05. The Labute approximate surface area is 145 Å². The van der Waals surface area contributed by atoms with Gasteiger partial charge in [0.15, 0.2) is 13.4 Å². The first-order chi connectivity index (χ1) is 12.0. The van der Waals surface area contributed by atoms with Gasteiger partial charge in [-0.2, -0.15) is 0 Å². The van der Waals surface area contributed by atoms with Gasteiger partial charge < -0.3 is 18.6 Å². The van der Waals surface area contributed by atoms with Gasteiger partial charge in [0.2, 0.25) is 5.43 Å². The first kappa shape index (κ1) is 18.6. The van der Waals surface area contributed by atoms with E-state index in [1.54, 1.807) is 18.2 Å². The normalized spacial score (nSPS) is 10.4. The molecule has 0 saturated carbocycles. The fourth-order valence-electron chi connectivity index (χ4n) is 2.05. The van der Waals surface area contributed by atoms with E-state index < -0.39 is 0 Å². The Morgan fingerprint density at radius 2 is 2.12 bits per heavy atom. The second-order valence-electron chi connectivity index (χ2n) is 5.75. The van der Waals surface area contributed by atoms with Crippen LogP contribution in [-0.2, 0) is 14.3 Å². The van der Waals surface area contributed by atoms with E-state index in [0.717, 1.165) is 0 Å². The molecule has 0 aliphatic rings. The highest BCUT2D eigenvalue weighted by Crippen LogP contribution is 2.19. The van der Waals surface area contributed by atoms with Crippen molar-refractivity contribution in [2.75, 3.05) is 20.5 Å². The van der Waals surface area contributed by atoms with Crippen molar-refractivity contribution < 1.29 is 23.4 Å². The number of fused-ring (bicyclic) bond motifs is 1. The molecule has 1 aromatic carbocycles. The Bertz CT molecular complexity index is 854. The number of rotatable bonds is 6. The molecule has 1 aromatic heterocycles. The molecule has 1 heterocycles. The molecule has 0 aliphatic heterocycles. The van der Waals surface area contributed by atoms with Crippen molar-refractivity contribution >= 4 is 16.9 Å². The summed E-state index contributed by atoms with van der Waals surface area (Å²) >= 11 is 0. The predicted molar refractivity (Wildman–Crippen MR) is 92.3 cm³/mol. The molecule has 25 heavy (non-hydrogen) atoms. The van der Waals surface area contributed by atoms with Crippen LogP contribution >= 0.6 is 0 Å². The van der Waals surface area contributed by atoms with E-state index in [1.807, 2.05) is 13.8 Å². The maximum absolute atomic E-state index is 12.4. The van der Waals surface area contributed by atoms with Crippen molar-refractivity contribution in [3.05, 3.63) is 40.2 Å². The van der Waals surface area contributed by atoms with Gasteiger partial charge in [-0.1, -0.05) is 25.7 Å². The van der Waals surface area contributed by atoms with Crippen LogP contribution in [0.2, 0.25) is 0 Å². The van der Waals surface area contributed by atoms with Crippen LogP contribution < -0.4 is 10.2 Å². The number of hydrogen-bond donors (Lipinski definition) is 0. The minimum atomic E-state index is -0.307. The maximum Gasteiger partial charge on any atom is 0.307 e. The van der Waals surface area contributed by atoms with Gasteiger partial charge in [-0.05, 0) is 18.1 Å². The Balaban J connectivity index is 2.10. The van der Waals surface area contributed by atoms with Gasteiger partial charge in [-0.15, -0.1) is 0 Å². The van der Waals surface area contributed by atoms with Crippen molar-refractivity contribution in [2.24, 2.45) is 5.92 Å². The van der Waals surface area contributed by atoms with E-state index in [-0.39, 0.29) is 36.3 Å². The summed E-state index contributed by atoms with van der Waals surface area (Å²) in [5.41, 5.74) is 0.353. The minimum Gasteiger partial charge on any atom is -0.467 e. The van der Waals surface area contributed by atoms with E-state index in [2.05, 4.69) is 11.8 Å². The van der Waals surface area contributed by atoms with Crippen LogP contribution in [-0.4, -0.2) is 26.5 Å². The zero-order valence-corrected chi connectivity index (χ0v) is 14.5. The molecule has 0 radical (unpaired) electrons. The first-order valence-corrected chi connectivity index (χ1v) is 7.83. The van der Waals surface area contributed by atoms with Crippen molar-refractivity contribution in [3.63, 3.8) is 0 Å². The van der Waals surface area contributed by atoms with Gasteiger partial charge in [0.05, 0.1) is 5.39 Å². The van der Waals surface area contributed by atoms with Crippen LogP contribution in [0.3, 0.4) is 0 Å². The van der Waals surface area contributed by atoms with Crippen molar-refractivity contribution in [3.8, 4) is 17.6 Å². The summed E-state index contributed by atoms with van der Waals surface area (Å²) in [6.45, 7) is 3.90. The van der Waals surface area contributed by atoms with Crippen LogP contribution in [0.1, 0.15) is 25.8 Å². The Morgan fingerprint density at radius 3 is 2.84 bits per heavy atom.